The number of hydrogen-bond acceptors (Lipinski definition) is 3. The summed E-state index contributed by atoms with van der Waals surface area (Å²) in [6, 6.07) is 20.5. The van der Waals surface area contributed by atoms with Crippen LogP contribution in [-0.2, 0) is 11.2 Å². The van der Waals surface area contributed by atoms with Crippen molar-refractivity contribution in [2.45, 2.75) is 45.8 Å². The summed E-state index contributed by atoms with van der Waals surface area (Å²) < 4.78 is 6.30. The minimum Gasteiger partial charge on any atom is -0.489 e. The molecule has 0 spiro atoms. The minimum absolute atomic E-state index is 0.127. The number of carboxylic acid groups (broad SMARTS) is 1. The number of fused-ring (bicyclic) bond motifs is 1. The molecule has 0 radical (unpaired) electrons. The predicted octanol–water partition coefficient (Wildman–Crippen LogP) is 5.08. The zero-order valence-corrected chi connectivity index (χ0v) is 18.2. The highest BCUT2D eigenvalue weighted by molar-refractivity contribution is 6.04. The van der Waals surface area contributed by atoms with E-state index in [1.54, 1.807) is 19.9 Å². The largest absolute Gasteiger partial charge is 0.489 e. The summed E-state index contributed by atoms with van der Waals surface area (Å²) in [5, 5.41) is 13.9. The van der Waals surface area contributed by atoms with Crippen LogP contribution in [0.3, 0.4) is 0 Å². The topological polar surface area (TPSA) is 75.6 Å². The van der Waals surface area contributed by atoms with Crippen LogP contribution in [0, 0.1) is 5.92 Å². The predicted molar refractivity (Wildman–Crippen MR) is 123 cm³/mol. The molecule has 0 heterocycles. The van der Waals surface area contributed by atoms with Crippen molar-refractivity contribution >= 4 is 22.6 Å². The minimum atomic E-state index is -1.05. The summed E-state index contributed by atoms with van der Waals surface area (Å²) >= 11 is 0. The van der Waals surface area contributed by atoms with E-state index in [2.05, 4.69) is 17.4 Å². The van der Waals surface area contributed by atoms with Crippen LogP contribution in [0.2, 0.25) is 0 Å². The zero-order chi connectivity index (χ0) is 22.4. The van der Waals surface area contributed by atoms with E-state index in [1.807, 2.05) is 55.5 Å². The standard InChI is InChI=1S/C26H29NO4/c1-17(2)23(26(29)30)27-25(28)22-16-15-20-11-7-8-12-21(20)24(22)31-18(3)13-14-19-9-5-4-6-10-19/h4-12,15-18,23H,13-14H2,1-3H3,(H,27,28)(H,29,30)/t18?,23-/m0/s1. The fourth-order valence-electron chi connectivity index (χ4n) is 3.56. The lowest BCUT2D eigenvalue weighted by Crippen LogP contribution is -2.44. The van der Waals surface area contributed by atoms with Gasteiger partial charge in [-0.1, -0.05) is 74.5 Å². The van der Waals surface area contributed by atoms with Gasteiger partial charge < -0.3 is 15.2 Å². The molecule has 0 saturated carbocycles. The quantitative estimate of drug-likeness (QED) is 0.507. The van der Waals surface area contributed by atoms with Crippen LogP contribution >= 0.6 is 0 Å². The van der Waals surface area contributed by atoms with Crippen LogP contribution in [0.15, 0.2) is 66.7 Å². The third-order valence-electron chi connectivity index (χ3n) is 5.34. The second-order valence-electron chi connectivity index (χ2n) is 8.15. The molecule has 0 aliphatic heterocycles. The number of carboxylic acids is 1. The molecular weight excluding hydrogens is 390 g/mol. The summed E-state index contributed by atoms with van der Waals surface area (Å²) in [5.74, 6) is -1.25. The highest BCUT2D eigenvalue weighted by Gasteiger charge is 2.26. The number of aliphatic carboxylic acids is 1. The fourth-order valence-corrected chi connectivity index (χ4v) is 3.56. The number of ether oxygens (including phenoxy) is 1. The van der Waals surface area contributed by atoms with Crippen molar-refractivity contribution in [1.82, 2.24) is 5.32 Å². The molecule has 0 bridgehead atoms. The molecule has 5 nitrogen and oxygen atoms in total. The fraction of sp³-hybridized carbons (Fsp3) is 0.308. The van der Waals surface area contributed by atoms with Gasteiger partial charge in [-0.05, 0) is 42.7 Å². The molecule has 2 atom stereocenters. The van der Waals surface area contributed by atoms with E-state index in [9.17, 15) is 14.7 Å². The smallest absolute Gasteiger partial charge is 0.326 e. The van der Waals surface area contributed by atoms with Crippen LogP contribution in [0.5, 0.6) is 5.75 Å². The number of benzene rings is 3. The Labute approximate surface area is 183 Å². The van der Waals surface area contributed by atoms with E-state index >= 15 is 0 Å². The highest BCUT2D eigenvalue weighted by Crippen LogP contribution is 2.31. The second kappa shape index (κ2) is 10.1. The summed E-state index contributed by atoms with van der Waals surface area (Å²) in [7, 11) is 0. The van der Waals surface area contributed by atoms with Gasteiger partial charge in [0.1, 0.15) is 11.8 Å². The lowest BCUT2D eigenvalue weighted by atomic mass is 10.0. The molecule has 162 valence electrons. The van der Waals surface area contributed by atoms with E-state index in [4.69, 9.17) is 4.74 Å². The number of nitrogens with one attached hydrogen (secondary N) is 1. The van der Waals surface area contributed by atoms with Gasteiger partial charge in [-0.25, -0.2) is 4.79 Å². The Bertz CT molecular complexity index is 1050. The Hall–Kier alpha value is -3.34. The van der Waals surface area contributed by atoms with E-state index in [0.29, 0.717) is 11.3 Å². The summed E-state index contributed by atoms with van der Waals surface area (Å²) in [6.07, 6.45) is 1.53. The molecule has 0 saturated heterocycles. The van der Waals surface area contributed by atoms with Crippen LogP contribution < -0.4 is 10.1 Å². The second-order valence-corrected chi connectivity index (χ2v) is 8.15. The molecule has 31 heavy (non-hydrogen) atoms. The third-order valence-corrected chi connectivity index (χ3v) is 5.34. The Balaban J connectivity index is 1.87. The van der Waals surface area contributed by atoms with E-state index in [1.165, 1.54) is 5.56 Å². The van der Waals surface area contributed by atoms with Crippen molar-refractivity contribution in [2.24, 2.45) is 5.92 Å². The summed E-state index contributed by atoms with van der Waals surface area (Å²) in [4.78, 5) is 24.6. The maximum Gasteiger partial charge on any atom is 0.326 e. The van der Waals surface area contributed by atoms with E-state index in [-0.39, 0.29) is 12.0 Å². The van der Waals surface area contributed by atoms with Gasteiger partial charge in [0.2, 0.25) is 0 Å². The molecule has 1 unspecified atom stereocenters. The molecule has 0 aromatic heterocycles. The number of amides is 1. The van der Waals surface area contributed by atoms with E-state index in [0.717, 1.165) is 23.6 Å². The first kappa shape index (κ1) is 22.3. The number of carbonyl (C=O) groups excluding carboxylic acids is 1. The van der Waals surface area contributed by atoms with Crippen molar-refractivity contribution < 1.29 is 19.4 Å². The van der Waals surface area contributed by atoms with Gasteiger partial charge in [-0.3, -0.25) is 4.79 Å². The Morgan fingerprint density at radius 3 is 2.29 bits per heavy atom. The van der Waals surface area contributed by atoms with Crippen LogP contribution in [0.4, 0.5) is 0 Å². The Kier molecular flexibility index (Phi) is 7.29. The lowest BCUT2D eigenvalue weighted by Gasteiger charge is -2.22. The zero-order valence-electron chi connectivity index (χ0n) is 18.2. The molecule has 1 amide bonds. The van der Waals surface area contributed by atoms with Gasteiger partial charge in [0.25, 0.3) is 5.91 Å². The lowest BCUT2D eigenvalue weighted by molar-refractivity contribution is -0.140. The van der Waals surface area contributed by atoms with Gasteiger partial charge >= 0.3 is 5.97 Å². The number of aryl methyl sites for hydroxylation is 1. The van der Waals surface area contributed by atoms with Gasteiger partial charge in [0.15, 0.2) is 0 Å². The first-order chi connectivity index (χ1) is 14.9. The maximum atomic E-state index is 13.0. The van der Waals surface area contributed by atoms with Crippen LogP contribution in [-0.4, -0.2) is 29.1 Å². The Morgan fingerprint density at radius 2 is 1.61 bits per heavy atom. The first-order valence-corrected chi connectivity index (χ1v) is 10.6. The Morgan fingerprint density at radius 1 is 0.935 bits per heavy atom. The molecular formula is C26H29NO4. The molecule has 0 fully saturated rings. The number of carbonyl (C=O) groups is 2. The maximum absolute atomic E-state index is 13.0. The van der Waals surface area contributed by atoms with Crippen molar-refractivity contribution in [2.75, 3.05) is 0 Å². The monoisotopic (exact) mass is 419 g/mol. The average molecular weight is 420 g/mol. The van der Waals surface area contributed by atoms with Crippen molar-refractivity contribution in [3.8, 4) is 5.75 Å². The normalized spacial score (nSPS) is 13.0. The number of hydrogen-bond donors (Lipinski definition) is 2. The van der Waals surface area contributed by atoms with E-state index < -0.39 is 17.9 Å². The van der Waals surface area contributed by atoms with Crippen LogP contribution in [0.1, 0.15) is 43.1 Å². The molecule has 2 N–H and O–H groups in total. The molecule has 3 aromatic carbocycles. The van der Waals surface area contributed by atoms with Crippen molar-refractivity contribution in [1.29, 1.82) is 0 Å². The third kappa shape index (κ3) is 5.63. The average Bonchev–Trinajstić information content (AvgIpc) is 2.76. The van der Waals surface area contributed by atoms with Crippen LogP contribution in [0.25, 0.3) is 10.8 Å². The molecule has 3 rings (SSSR count). The molecule has 5 heteroatoms. The van der Waals surface area contributed by atoms with Crippen molar-refractivity contribution in [3.63, 3.8) is 0 Å². The SMILES string of the molecule is CC(CCc1ccccc1)Oc1c(C(=O)N[C@H](C(=O)O)C(C)C)ccc2ccccc12. The van der Waals surface area contributed by atoms with Gasteiger partial charge in [-0.2, -0.15) is 0 Å². The molecule has 0 aliphatic rings. The highest BCUT2D eigenvalue weighted by atomic mass is 16.5. The van der Waals surface area contributed by atoms with Crippen molar-refractivity contribution in [3.05, 3.63) is 77.9 Å². The summed E-state index contributed by atoms with van der Waals surface area (Å²) in [5.41, 5.74) is 1.58. The molecule has 3 aromatic rings. The molecule has 0 aliphatic carbocycles. The van der Waals surface area contributed by atoms with Gasteiger partial charge in [0, 0.05) is 5.39 Å². The first-order valence-electron chi connectivity index (χ1n) is 10.6. The van der Waals surface area contributed by atoms with Gasteiger partial charge in [-0.15, -0.1) is 0 Å². The summed E-state index contributed by atoms with van der Waals surface area (Å²) in [6.45, 7) is 5.52. The number of rotatable bonds is 9. The van der Waals surface area contributed by atoms with Gasteiger partial charge in [0.05, 0.1) is 11.7 Å².